The summed E-state index contributed by atoms with van der Waals surface area (Å²) in [6.07, 6.45) is 4.16. The van der Waals surface area contributed by atoms with Crippen LogP contribution in [0.3, 0.4) is 0 Å². The van der Waals surface area contributed by atoms with E-state index < -0.39 is 0 Å². The lowest BCUT2D eigenvalue weighted by Gasteiger charge is -2.07. The topological polar surface area (TPSA) is 9.23 Å². The Morgan fingerprint density at radius 1 is 0.889 bits per heavy atom. The lowest BCUT2D eigenvalue weighted by molar-refractivity contribution is 0.409. The molecule has 2 rings (SSSR count). The summed E-state index contributed by atoms with van der Waals surface area (Å²) < 4.78 is 7.15. The van der Waals surface area contributed by atoms with E-state index in [-0.39, 0.29) is 0 Å². The molecular formula is C15H12Br2O. The summed E-state index contributed by atoms with van der Waals surface area (Å²) in [5.41, 5.74) is 2.29. The van der Waals surface area contributed by atoms with Gasteiger partial charge >= 0.3 is 0 Å². The van der Waals surface area contributed by atoms with Crippen molar-refractivity contribution in [1.29, 1.82) is 0 Å². The first-order valence-electron chi connectivity index (χ1n) is 5.47. The zero-order valence-corrected chi connectivity index (χ0v) is 13.0. The molecule has 0 amide bonds. The Morgan fingerprint density at radius 2 is 1.44 bits per heavy atom. The third-order valence-electron chi connectivity index (χ3n) is 2.49. The third-order valence-corrected chi connectivity index (χ3v) is 3.67. The molecule has 0 aliphatic rings. The second-order valence-corrected chi connectivity index (χ2v) is 5.47. The Kier molecular flexibility index (Phi) is 4.61. The van der Waals surface area contributed by atoms with Crippen LogP contribution < -0.4 is 4.74 Å². The molecule has 0 saturated heterocycles. The maximum absolute atomic E-state index is 5.28. The molecule has 0 bridgehead atoms. The smallest absolute Gasteiger partial charge is 0.147 e. The van der Waals surface area contributed by atoms with E-state index in [1.807, 2.05) is 30.3 Å². The number of hydrogen-bond acceptors (Lipinski definition) is 1. The van der Waals surface area contributed by atoms with Gasteiger partial charge in [-0.05, 0) is 55.1 Å². The Labute approximate surface area is 124 Å². The van der Waals surface area contributed by atoms with Crippen LogP contribution in [0.2, 0.25) is 0 Å². The molecule has 0 unspecified atom stereocenters. The van der Waals surface area contributed by atoms with Crippen LogP contribution in [0, 0.1) is 0 Å². The molecule has 0 radical (unpaired) electrons. The van der Waals surface area contributed by atoms with Crippen LogP contribution in [0.25, 0.3) is 12.2 Å². The van der Waals surface area contributed by atoms with Crippen molar-refractivity contribution < 1.29 is 4.74 Å². The molecule has 0 N–H and O–H groups in total. The normalized spacial score (nSPS) is 10.8. The van der Waals surface area contributed by atoms with Crippen molar-refractivity contribution in [3.8, 4) is 5.75 Å². The summed E-state index contributed by atoms with van der Waals surface area (Å²) in [7, 11) is 1.66. The highest BCUT2D eigenvalue weighted by Gasteiger charge is 2.06. The second kappa shape index (κ2) is 6.21. The summed E-state index contributed by atoms with van der Waals surface area (Å²) in [5.74, 6) is 0.812. The number of ether oxygens (including phenoxy) is 1. The third kappa shape index (κ3) is 3.24. The van der Waals surface area contributed by atoms with E-state index in [1.54, 1.807) is 7.11 Å². The predicted molar refractivity (Wildman–Crippen MR) is 83.8 cm³/mol. The molecule has 2 aromatic carbocycles. The minimum Gasteiger partial charge on any atom is -0.494 e. The maximum atomic E-state index is 5.28. The largest absolute Gasteiger partial charge is 0.494 e. The van der Waals surface area contributed by atoms with Crippen LogP contribution in [0.1, 0.15) is 11.1 Å². The SMILES string of the molecule is COc1c(Br)cc(/C=C/c2ccccc2)cc1Br. The fraction of sp³-hybridized carbons (Fsp3) is 0.0667. The highest BCUT2D eigenvalue weighted by molar-refractivity contribution is 9.11. The van der Waals surface area contributed by atoms with Crippen molar-refractivity contribution in [3.05, 3.63) is 62.5 Å². The average Bonchev–Trinajstić information content (AvgIpc) is 2.37. The molecule has 0 heterocycles. The molecule has 18 heavy (non-hydrogen) atoms. The Hall–Kier alpha value is -1.06. The summed E-state index contributed by atoms with van der Waals surface area (Å²) >= 11 is 6.99. The number of halogens is 2. The van der Waals surface area contributed by atoms with Gasteiger partial charge in [0.25, 0.3) is 0 Å². The van der Waals surface area contributed by atoms with Crippen LogP contribution in [-0.4, -0.2) is 7.11 Å². The van der Waals surface area contributed by atoms with E-state index in [4.69, 9.17) is 4.74 Å². The minimum atomic E-state index is 0.812. The van der Waals surface area contributed by atoms with Crippen LogP contribution in [0.5, 0.6) is 5.75 Å². The fourth-order valence-electron chi connectivity index (χ4n) is 1.63. The maximum Gasteiger partial charge on any atom is 0.147 e. The Bertz CT molecular complexity index is 539. The molecular weight excluding hydrogens is 356 g/mol. The van der Waals surface area contributed by atoms with Gasteiger partial charge in [0.05, 0.1) is 16.1 Å². The van der Waals surface area contributed by atoms with Crippen molar-refractivity contribution >= 4 is 44.0 Å². The first-order valence-corrected chi connectivity index (χ1v) is 7.05. The van der Waals surface area contributed by atoms with E-state index in [2.05, 4.69) is 56.1 Å². The van der Waals surface area contributed by atoms with Gasteiger partial charge in [-0.3, -0.25) is 0 Å². The highest BCUT2D eigenvalue weighted by atomic mass is 79.9. The van der Waals surface area contributed by atoms with Crippen LogP contribution >= 0.6 is 31.9 Å². The van der Waals surface area contributed by atoms with E-state index in [9.17, 15) is 0 Å². The van der Waals surface area contributed by atoms with Crippen molar-refractivity contribution in [1.82, 2.24) is 0 Å². The van der Waals surface area contributed by atoms with Gasteiger partial charge in [0, 0.05) is 0 Å². The van der Waals surface area contributed by atoms with E-state index in [0.717, 1.165) is 20.3 Å². The van der Waals surface area contributed by atoms with Gasteiger partial charge in [-0.1, -0.05) is 42.5 Å². The van der Waals surface area contributed by atoms with Crippen LogP contribution in [0.15, 0.2) is 51.4 Å². The van der Waals surface area contributed by atoms with Gasteiger partial charge < -0.3 is 4.74 Å². The quantitative estimate of drug-likeness (QED) is 0.660. The summed E-state index contributed by atoms with van der Waals surface area (Å²) in [4.78, 5) is 0. The van der Waals surface area contributed by atoms with Gasteiger partial charge in [-0.15, -0.1) is 0 Å². The molecule has 0 atom stereocenters. The Morgan fingerprint density at radius 3 is 2.00 bits per heavy atom. The molecule has 0 aromatic heterocycles. The van der Waals surface area contributed by atoms with Gasteiger partial charge in [0.15, 0.2) is 0 Å². The molecule has 1 nitrogen and oxygen atoms in total. The standard InChI is InChI=1S/C15H12Br2O/c1-18-15-13(16)9-12(10-14(15)17)8-7-11-5-3-2-4-6-11/h2-10H,1H3/b8-7+. The summed E-state index contributed by atoms with van der Waals surface area (Å²) in [6.45, 7) is 0. The molecule has 0 aliphatic carbocycles. The number of rotatable bonds is 3. The molecule has 0 spiro atoms. The first kappa shape index (κ1) is 13.4. The van der Waals surface area contributed by atoms with Gasteiger partial charge in [-0.2, -0.15) is 0 Å². The fourth-order valence-corrected chi connectivity index (χ4v) is 3.17. The van der Waals surface area contributed by atoms with Gasteiger partial charge in [-0.25, -0.2) is 0 Å². The van der Waals surface area contributed by atoms with Crippen molar-refractivity contribution in [3.63, 3.8) is 0 Å². The van der Waals surface area contributed by atoms with Crippen LogP contribution in [0.4, 0.5) is 0 Å². The van der Waals surface area contributed by atoms with Crippen molar-refractivity contribution in [2.24, 2.45) is 0 Å². The van der Waals surface area contributed by atoms with E-state index in [1.165, 1.54) is 5.56 Å². The van der Waals surface area contributed by atoms with Crippen molar-refractivity contribution in [2.45, 2.75) is 0 Å². The molecule has 0 fully saturated rings. The molecule has 3 heteroatoms. The molecule has 0 saturated carbocycles. The highest BCUT2D eigenvalue weighted by Crippen LogP contribution is 2.34. The minimum absolute atomic E-state index is 0.812. The van der Waals surface area contributed by atoms with Crippen molar-refractivity contribution in [2.75, 3.05) is 7.11 Å². The van der Waals surface area contributed by atoms with Gasteiger partial charge in [0.2, 0.25) is 0 Å². The number of methoxy groups -OCH3 is 1. The number of hydrogen-bond donors (Lipinski definition) is 0. The molecule has 92 valence electrons. The summed E-state index contributed by atoms with van der Waals surface area (Å²) in [5, 5.41) is 0. The van der Waals surface area contributed by atoms with Gasteiger partial charge in [0.1, 0.15) is 5.75 Å². The lowest BCUT2D eigenvalue weighted by Crippen LogP contribution is -1.87. The first-order chi connectivity index (χ1) is 8.70. The summed E-state index contributed by atoms with van der Waals surface area (Å²) in [6, 6.07) is 14.3. The lowest BCUT2D eigenvalue weighted by atomic mass is 10.1. The van der Waals surface area contributed by atoms with E-state index in [0.29, 0.717) is 0 Å². The monoisotopic (exact) mass is 366 g/mol. The van der Waals surface area contributed by atoms with Crippen LogP contribution in [-0.2, 0) is 0 Å². The predicted octanol–water partition coefficient (Wildman–Crippen LogP) is 5.39. The number of benzene rings is 2. The average molecular weight is 368 g/mol. The zero-order chi connectivity index (χ0) is 13.0. The second-order valence-electron chi connectivity index (χ2n) is 3.76. The zero-order valence-electron chi connectivity index (χ0n) is 9.86. The molecule has 2 aromatic rings. The molecule has 0 aliphatic heterocycles. The Balaban J connectivity index is 2.28. The van der Waals surface area contributed by atoms with E-state index >= 15 is 0 Å².